The Bertz CT molecular complexity index is 499. The van der Waals surface area contributed by atoms with Crippen LogP contribution in [0.5, 0.6) is 0 Å². The molecule has 3 nitrogen and oxygen atoms in total. The van der Waals surface area contributed by atoms with Gasteiger partial charge in [-0.3, -0.25) is 4.79 Å². The largest absolute Gasteiger partial charge is 0.293 e. The molecule has 17 heavy (non-hydrogen) atoms. The molecule has 0 N–H and O–H groups in total. The lowest BCUT2D eigenvalue weighted by atomic mass is 10.1. The molecular formula is C11H9FN2OS2. The Labute approximate surface area is 106 Å². The minimum absolute atomic E-state index is 0.0369. The van der Waals surface area contributed by atoms with Crippen LogP contribution < -0.4 is 0 Å². The molecule has 0 aliphatic rings. The highest BCUT2D eigenvalue weighted by molar-refractivity contribution is 8.02. The van der Waals surface area contributed by atoms with Crippen LogP contribution in [0.1, 0.15) is 17.3 Å². The lowest BCUT2D eigenvalue weighted by Crippen LogP contribution is -2.13. The van der Waals surface area contributed by atoms with Crippen LogP contribution in [0.4, 0.5) is 4.39 Å². The van der Waals surface area contributed by atoms with Crippen molar-refractivity contribution in [2.45, 2.75) is 16.5 Å². The zero-order valence-electron chi connectivity index (χ0n) is 8.96. The summed E-state index contributed by atoms with van der Waals surface area (Å²) in [6.07, 6.45) is 1.46. The van der Waals surface area contributed by atoms with Crippen LogP contribution in [0.15, 0.2) is 34.9 Å². The molecule has 1 atom stereocenters. The summed E-state index contributed by atoms with van der Waals surface area (Å²) in [7, 11) is 0. The number of halogens is 1. The van der Waals surface area contributed by atoms with E-state index >= 15 is 0 Å². The van der Waals surface area contributed by atoms with E-state index in [0.29, 0.717) is 5.56 Å². The van der Waals surface area contributed by atoms with Gasteiger partial charge in [0.05, 0.1) is 5.25 Å². The summed E-state index contributed by atoms with van der Waals surface area (Å²) in [6.45, 7) is 1.80. The standard InChI is InChI=1S/C11H9FN2OS2/c1-7(16-11-13-6-14-17-11)10(15)8-2-4-9(12)5-3-8/h2-7H,1H3. The van der Waals surface area contributed by atoms with Crippen molar-refractivity contribution in [3.05, 3.63) is 42.0 Å². The van der Waals surface area contributed by atoms with Crippen molar-refractivity contribution >= 4 is 29.1 Å². The van der Waals surface area contributed by atoms with Crippen LogP contribution in [0.25, 0.3) is 0 Å². The van der Waals surface area contributed by atoms with Crippen LogP contribution >= 0.6 is 23.3 Å². The van der Waals surface area contributed by atoms with E-state index in [9.17, 15) is 9.18 Å². The number of thioether (sulfide) groups is 1. The highest BCUT2D eigenvalue weighted by Gasteiger charge is 2.17. The van der Waals surface area contributed by atoms with Crippen molar-refractivity contribution in [3.63, 3.8) is 0 Å². The molecule has 1 unspecified atom stereocenters. The maximum atomic E-state index is 12.7. The monoisotopic (exact) mass is 268 g/mol. The lowest BCUT2D eigenvalue weighted by Gasteiger charge is -2.07. The Balaban J connectivity index is 2.07. The van der Waals surface area contributed by atoms with Crippen molar-refractivity contribution in [2.24, 2.45) is 0 Å². The number of hydrogen-bond donors (Lipinski definition) is 0. The minimum atomic E-state index is -0.342. The molecule has 0 radical (unpaired) electrons. The highest BCUT2D eigenvalue weighted by Crippen LogP contribution is 2.26. The van der Waals surface area contributed by atoms with Gasteiger partial charge in [0.25, 0.3) is 0 Å². The second-order valence-corrected chi connectivity index (χ2v) is 5.71. The fourth-order valence-electron chi connectivity index (χ4n) is 1.27. The Kier molecular flexibility index (Phi) is 3.86. The second-order valence-electron chi connectivity index (χ2n) is 3.34. The Hall–Kier alpha value is -1.27. The van der Waals surface area contributed by atoms with Crippen molar-refractivity contribution in [1.82, 2.24) is 9.36 Å². The van der Waals surface area contributed by atoms with Gasteiger partial charge in [0.1, 0.15) is 12.1 Å². The Morgan fingerprint density at radius 3 is 2.71 bits per heavy atom. The Morgan fingerprint density at radius 1 is 1.41 bits per heavy atom. The average molecular weight is 268 g/mol. The predicted molar refractivity (Wildman–Crippen MR) is 66.0 cm³/mol. The van der Waals surface area contributed by atoms with Crippen LogP contribution in [-0.4, -0.2) is 20.4 Å². The average Bonchev–Trinajstić information content (AvgIpc) is 2.82. The van der Waals surface area contributed by atoms with Crippen LogP contribution in [0, 0.1) is 5.82 Å². The van der Waals surface area contributed by atoms with E-state index in [2.05, 4.69) is 9.36 Å². The molecule has 88 valence electrons. The van der Waals surface area contributed by atoms with E-state index < -0.39 is 0 Å². The summed E-state index contributed by atoms with van der Waals surface area (Å²) in [5, 5.41) is -0.256. The molecule has 0 saturated heterocycles. The third kappa shape index (κ3) is 3.10. The number of rotatable bonds is 4. The molecule has 1 aromatic carbocycles. The van der Waals surface area contributed by atoms with Gasteiger partial charge in [0.2, 0.25) is 0 Å². The van der Waals surface area contributed by atoms with Crippen molar-refractivity contribution in [1.29, 1.82) is 0 Å². The van der Waals surface area contributed by atoms with Gasteiger partial charge in [-0.05, 0) is 42.7 Å². The summed E-state index contributed by atoms with van der Waals surface area (Å²) >= 11 is 2.61. The molecule has 0 aliphatic heterocycles. The summed E-state index contributed by atoms with van der Waals surface area (Å²) in [5.41, 5.74) is 0.510. The van der Waals surface area contributed by atoms with Gasteiger partial charge in [-0.15, -0.1) is 0 Å². The van der Waals surface area contributed by atoms with E-state index in [1.54, 1.807) is 6.92 Å². The SMILES string of the molecule is CC(Sc1ncns1)C(=O)c1ccc(F)cc1. The summed E-state index contributed by atoms with van der Waals surface area (Å²) in [5.74, 6) is -0.379. The molecule has 0 bridgehead atoms. The zero-order chi connectivity index (χ0) is 12.3. The molecule has 2 rings (SSSR count). The molecule has 0 fully saturated rings. The van der Waals surface area contributed by atoms with Gasteiger partial charge >= 0.3 is 0 Å². The first-order valence-electron chi connectivity index (χ1n) is 4.90. The predicted octanol–water partition coefficient (Wildman–Crippen LogP) is 3.04. The molecule has 1 heterocycles. The molecular weight excluding hydrogens is 259 g/mol. The second kappa shape index (κ2) is 5.37. The Morgan fingerprint density at radius 2 is 2.12 bits per heavy atom. The maximum absolute atomic E-state index is 12.7. The summed E-state index contributed by atoms with van der Waals surface area (Å²) in [4.78, 5) is 16.0. The fraction of sp³-hybridized carbons (Fsp3) is 0.182. The van der Waals surface area contributed by atoms with Crippen LogP contribution in [0.3, 0.4) is 0 Å². The highest BCUT2D eigenvalue weighted by atomic mass is 32.2. The lowest BCUT2D eigenvalue weighted by molar-refractivity contribution is 0.0994. The van der Waals surface area contributed by atoms with Crippen molar-refractivity contribution in [3.8, 4) is 0 Å². The number of benzene rings is 1. The number of Topliss-reactive ketones (excluding diaryl/α,β-unsaturated/α-hetero) is 1. The number of carbonyl (C=O) groups is 1. The van der Waals surface area contributed by atoms with Gasteiger partial charge < -0.3 is 0 Å². The normalized spacial score (nSPS) is 12.4. The van der Waals surface area contributed by atoms with Crippen LogP contribution in [0.2, 0.25) is 0 Å². The van der Waals surface area contributed by atoms with E-state index in [0.717, 1.165) is 4.34 Å². The molecule has 0 amide bonds. The van der Waals surface area contributed by atoms with Gasteiger partial charge in [-0.1, -0.05) is 11.8 Å². The first-order valence-corrected chi connectivity index (χ1v) is 6.55. The number of hydrogen-bond acceptors (Lipinski definition) is 5. The van der Waals surface area contributed by atoms with E-state index in [-0.39, 0.29) is 16.9 Å². The zero-order valence-corrected chi connectivity index (χ0v) is 10.6. The van der Waals surface area contributed by atoms with E-state index in [4.69, 9.17) is 0 Å². The first-order chi connectivity index (χ1) is 8.16. The molecule has 0 spiro atoms. The van der Waals surface area contributed by atoms with E-state index in [1.807, 2.05) is 0 Å². The van der Waals surface area contributed by atoms with E-state index in [1.165, 1.54) is 53.9 Å². The smallest absolute Gasteiger partial charge is 0.175 e. The van der Waals surface area contributed by atoms with Crippen molar-refractivity contribution in [2.75, 3.05) is 0 Å². The van der Waals surface area contributed by atoms with Crippen molar-refractivity contribution < 1.29 is 9.18 Å². The molecule has 2 aromatic rings. The topological polar surface area (TPSA) is 42.9 Å². The van der Waals surface area contributed by atoms with Gasteiger partial charge in [0.15, 0.2) is 10.1 Å². The van der Waals surface area contributed by atoms with Crippen LogP contribution in [-0.2, 0) is 0 Å². The minimum Gasteiger partial charge on any atom is -0.293 e. The summed E-state index contributed by atoms with van der Waals surface area (Å²) in [6, 6.07) is 5.56. The third-order valence-electron chi connectivity index (χ3n) is 2.12. The molecule has 0 aliphatic carbocycles. The molecule has 6 heteroatoms. The van der Waals surface area contributed by atoms with Gasteiger partial charge in [0, 0.05) is 5.56 Å². The molecule has 0 saturated carbocycles. The number of nitrogens with zero attached hydrogens (tertiary/aromatic N) is 2. The maximum Gasteiger partial charge on any atom is 0.175 e. The van der Waals surface area contributed by atoms with Gasteiger partial charge in [-0.25, -0.2) is 9.37 Å². The summed E-state index contributed by atoms with van der Waals surface area (Å²) < 4.78 is 17.3. The van der Waals surface area contributed by atoms with Gasteiger partial charge in [-0.2, -0.15) is 4.37 Å². The molecule has 1 aromatic heterocycles. The third-order valence-corrected chi connectivity index (χ3v) is 3.96. The number of ketones is 1. The number of carbonyl (C=O) groups excluding carboxylic acids is 1. The fourth-order valence-corrected chi connectivity index (χ4v) is 2.94. The first kappa shape index (κ1) is 12.2. The quantitative estimate of drug-likeness (QED) is 0.631. The number of aromatic nitrogens is 2.